The van der Waals surface area contributed by atoms with Gasteiger partial charge in [0.25, 0.3) is 5.91 Å². The van der Waals surface area contributed by atoms with Gasteiger partial charge in [0, 0.05) is 25.1 Å². The molecule has 5 rings (SSSR count). The first-order valence-electron chi connectivity index (χ1n) is 10.1. The number of benzene rings is 1. The van der Waals surface area contributed by atoms with Gasteiger partial charge in [0.15, 0.2) is 12.4 Å². The van der Waals surface area contributed by atoms with Crippen molar-refractivity contribution in [3.63, 3.8) is 0 Å². The Labute approximate surface area is 179 Å². The normalized spacial score (nSPS) is 24.2. The van der Waals surface area contributed by atoms with E-state index in [-0.39, 0.29) is 45.9 Å². The van der Waals surface area contributed by atoms with E-state index >= 15 is 0 Å². The highest BCUT2D eigenvalue weighted by Crippen LogP contribution is 2.69. The third-order valence-electron chi connectivity index (χ3n) is 6.12. The molecule has 0 saturated heterocycles. The summed E-state index contributed by atoms with van der Waals surface area (Å²) in [6.07, 6.45) is 2.86. The number of Topliss-reactive ketones (excluding diaryl/α,β-unsaturated/α-hetero) is 1. The SMILES string of the molecule is CC(C)c1cc(C(=O)CC23CC(NC(=O)COc4ccc(Cl)c(F)c4)(C2)C3)n(C)n1. The van der Waals surface area contributed by atoms with Gasteiger partial charge >= 0.3 is 0 Å². The van der Waals surface area contributed by atoms with Gasteiger partial charge in [-0.3, -0.25) is 14.3 Å². The molecule has 3 fully saturated rings. The van der Waals surface area contributed by atoms with Crippen molar-refractivity contribution in [1.82, 2.24) is 15.1 Å². The molecule has 0 unspecified atom stereocenters. The highest BCUT2D eigenvalue weighted by atomic mass is 35.5. The lowest BCUT2D eigenvalue weighted by Crippen LogP contribution is -2.75. The summed E-state index contributed by atoms with van der Waals surface area (Å²) in [6.45, 7) is 3.91. The van der Waals surface area contributed by atoms with Crippen LogP contribution in [0.3, 0.4) is 0 Å². The molecule has 2 aromatic rings. The minimum absolute atomic E-state index is 0.00654. The van der Waals surface area contributed by atoms with Crippen molar-refractivity contribution >= 4 is 23.3 Å². The van der Waals surface area contributed by atoms with E-state index in [1.807, 2.05) is 6.07 Å². The van der Waals surface area contributed by atoms with Crippen molar-refractivity contribution in [3.05, 3.63) is 46.5 Å². The van der Waals surface area contributed by atoms with Gasteiger partial charge in [-0.05, 0) is 48.8 Å². The van der Waals surface area contributed by atoms with Gasteiger partial charge in [0.2, 0.25) is 0 Å². The number of hydrogen-bond acceptors (Lipinski definition) is 4. The van der Waals surface area contributed by atoms with Crippen LogP contribution in [-0.2, 0) is 11.8 Å². The molecular weight excluding hydrogens is 409 g/mol. The lowest BCUT2D eigenvalue weighted by molar-refractivity contribution is -0.164. The van der Waals surface area contributed by atoms with Gasteiger partial charge in [-0.15, -0.1) is 0 Å². The summed E-state index contributed by atoms with van der Waals surface area (Å²) in [5.41, 5.74) is 1.31. The van der Waals surface area contributed by atoms with Crippen molar-refractivity contribution < 1.29 is 18.7 Å². The van der Waals surface area contributed by atoms with Crippen LogP contribution in [0.4, 0.5) is 4.39 Å². The highest BCUT2D eigenvalue weighted by Gasteiger charge is 2.68. The molecule has 1 amide bonds. The van der Waals surface area contributed by atoms with Crippen LogP contribution in [0.15, 0.2) is 24.3 Å². The number of amides is 1. The first kappa shape index (κ1) is 20.8. The van der Waals surface area contributed by atoms with E-state index in [0.717, 1.165) is 31.0 Å². The summed E-state index contributed by atoms with van der Waals surface area (Å²) < 4.78 is 20.4. The van der Waals surface area contributed by atoms with Gasteiger partial charge in [-0.2, -0.15) is 5.10 Å². The molecule has 0 radical (unpaired) electrons. The third kappa shape index (κ3) is 3.83. The fourth-order valence-electron chi connectivity index (χ4n) is 4.83. The Balaban J connectivity index is 1.26. The molecule has 1 aromatic carbocycles. The van der Waals surface area contributed by atoms with Crippen LogP contribution in [0.5, 0.6) is 5.75 Å². The van der Waals surface area contributed by atoms with Gasteiger partial charge in [0.05, 0.1) is 10.7 Å². The Morgan fingerprint density at radius 2 is 2.00 bits per heavy atom. The Morgan fingerprint density at radius 3 is 2.60 bits per heavy atom. The first-order valence-corrected chi connectivity index (χ1v) is 10.4. The molecule has 1 N–H and O–H groups in total. The minimum Gasteiger partial charge on any atom is -0.484 e. The molecule has 0 atom stereocenters. The Bertz CT molecular complexity index is 997. The first-order chi connectivity index (χ1) is 14.1. The molecule has 3 aliphatic rings. The Morgan fingerprint density at radius 1 is 1.30 bits per heavy atom. The monoisotopic (exact) mass is 433 g/mol. The summed E-state index contributed by atoms with van der Waals surface area (Å²) in [6, 6.07) is 5.94. The molecule has 1 heterocycles. The molecule has 6 nitrogen and oxygen atoms in total. The quantitative estimate of drug-likeness (QED) is 0.638. The third-order valence-corrected chi connectivity index (χ3v) is 6.42. The zero-order valence-corrected chi connectivity index (χ0v) is 18.1. The summed E-state index contributed by atoms with van der Waals surface area (Å²) in [5.74, 6) is -0.209. The van der Waals surface area contributed by atoms with E-state index in [1.54, 1.807) is 11.7 Å². The van der Waals surface area contributed by atoms with Gasteiger partial charge in [-0.25, -0.2) is 4.39 Å². The molecular formula is C22H25ClFN3O3. The average molecular weight is 434 g/mol. The predicted octanol–water partition coefficient (Wildman–Crippen LogP) is 4.03. The second-order valence-corrected chi connectivity index (χ2v) is 9.46. The van der Waals surface area contributed by atoms with Crippen LogP contribution < -0.4 is 10.1 Å². The Hall–Kier alpha value is -2.41. The van der Waals surface area contributed by atoms with Crippen molar-refractivity contribution in [2.75, 3.05) is 6.61 Å². The molecule has 3 aliphatic carbocycles. The minimum atomic E-state index is -0.588. The summed E-state index contributed by atoms with van der Waals surface area (Å²) in [5, 5.41) is 7.44. The lowest BCUT2D eigenvalue weighted by atomic mass is 9.38. The van der Waals surface area contributed by atoms with E-state index in [0.29, 0.717) is 12.1 Å². The topological polar surface area (TPSA) is 73.2 Å². The Kier molecular flexibility index (Phi) is 5.12. The zero-order valence-electron chi connectivity index (χ0n) is 17.3. The maximum absolute atomic E-state index is 13.4. The van der Waals surface area contributed by atoms with E-state index in [9.17, 15) is 14.0 Å². The number of nitrogens with one attached hydrogen (secondary N) is 1. The fourth-order valence-corrected chi connectivity index (χ4v) is 4.95. The van der Waals surface area contributed by atoms with Crippen molar-refractivity contribution in [2.45, 2.75) is 51.0 Å². The number of ether oxygens (including phenoxy) is 1. The molecule has 0 aliphatic heterocycles. The molecule has 8 heteroatoms. The molecule has 1 aromatic heterocycles. The van der Waals surface area contributed by atoms with Crippen molar-refractivity contribution in [1.29, 1.82) is 0 Å². The number of hydrogen-bond donors (Lipinski definition) is 1. The molecule has 3 saturated carbocycles. The smallest absolute Gasteiger partial charge is 0.258 e. The second kappa shape index (κ2) is 7.38. The number of aryl methyl sites for hydroxylation is 1. The number of nitrogens with zero attached hydrogens (tertiary/aromatic N) is 2. The van der Waals surface area contributed by atoms with E-state index in [1.165, 1.54) is 12.1 Å². The number of ketones is 1. The fraction of sp³-hybridized carbons (Fsp3) is 0.500. The summed E-state index contributed by atoms with van der Waals surface area (Å²) in [7, 11) is 1.80. The molecule has 160 valence electrons. The van der Waals surface area contributed by atoms with Gasteiger partial charge in [0.1, 0.15) is 17.3 Å². The summed E-state index contributed by atoms with van der Waals surface area (Å²) in [4.78, 5) is 25.0. The largest absolute Gasteiger partial charge is 0.484 e. The predicted molar refractivity (Wildman–Crippen MR) is 110 cm³/mol. The summed E-state index contributed by atoms with van der Waals surface area (Å²) >= 11 is 5.64. The van der Waals surface area contributed by atoms with Crippen molar-refractivity contribution in [2.24, 2.45) is 12.5 Å². The maximum Gasteiger partial charge on any atom is 0.258 e. The van der Waals surface area contributed by atoms with Crippen LogP contribution in [-0.4, -0.2) is 33.6 Å². The number of aromatic nitrogens is 2. The van der Waals surface area contributed by atoms with E-state index in [4.69, 9.17) is 16.3 Å². The van der Waals surface area contributed by atoms with Crippen LogP contribution >= 0.6 is 11.6 Å². The number of halogens is 2. The second-order valence-electron chi connectivity index (χ2n) is 9.06. The number of carbonyl (C=O) groups excluding carboxylic acids is 2. The molecule has 0 spiro atoms. The van der Waals surface area contributed by atoms with Gasteiger partial charge < -0.3 is 10.1 Å². The molecule has 2 bridgehead atoms. The van der Waals surface area contributed by atoms with Gasteiger partial charge in [-0.1, -0.05) is 25.4 Å². The standard InChI is InChI=1S/C22H25ClFN3O3/c1-13(2)17-7-18(27(3)26-17)19(28)8-21-10-22(11-21,12-21)25-20(29)9-30-14-4-5-15(23)16(24)6-14/h4-7,13H,8-12H2,1-3H3,(H,25,29). The van der Waals surface area contributed by atoms with E-state index < -0.39 is 5.82 Å². The number of rotatable bonds is 8. The zero-order chi connectivity index (χ0) is 21.7. The van der Waals surface area contributed by atoms with Crippen LogP contribution in [0.1, 0.15) is 61.6 Å². The van der Waals surface area contributed by atoms with E-state index in [2.05, 4.69) is 24.3 Å². The van der Waals surface area contributed by atoms with Crippen LogP contribution in [0, 0.1) is 11.2 Å². The van der Waals surface area contributed by atoms with Crippen LogP contribution in [0.2, 0.25) is 5.02 Å². The van der Waals surface area contributed by atoms with Crippen LogP contribution in [0.25, 0.3) is 0 Å². The maximum atomic E-state index is 13.4. The lowest BCUT2D eigenvalue weighted by Gasteiger charge is -2.70. The molecule has 30 heavy (non-hydrogen) atoms. The highest BCUT2D eigenvalue weighted by molar-refractivity contribution is 6.30. The van der Waals surface area contributed by atoms with Crippen molar-refractivity contribution in [3.8, 4) is 5.75 Å². The average Bonchev–Trinajstić information content (AvgIpc) is 3.02. The number of carbonyl (C=O) groups is 2.